The molecule has 0 bridgehead atoms. The Morgan fingerprint density at radius 1 is 1.33 bits per heavy atom. The number of nitrogens with two attached hydrogens (primary N) is 1. The van der Waals surface area contributed by atoms with Crippen LogP contribution in [0.15, 0.2) is 59.6 Å². The monoisotopic (exact) mass is 526 g/mol. The van der Waals surface area contributed by atoms with Gasteiger partial charge in [0.25, 0.3) is 0 Å². The number of anilines is 1. The van der Waals surface area contributed by atoms with Gasteiger partial charge in [-0.1, -0.05) is 24.8 Å². The van der Waals surface area contributed by atoms with E-state index in [0.717, 1.165) is 40.4 Å². The van der Waals surface area contributed by atoms with Gasteiger partial charge in [-0.2, -0.15) is 5.26 Å². The molecule has 190 valence electrons. The normalized spacial score (nSPS) is 14.1. The van der Waals surface area contributed by atoms with Crippen molar-refractivity contribution in [1.29, 1.82) is 5.26 Å². The lowest BCUT2D eigenvalue weighted by molar-refractivity contribution is 0.247. The van der Waals surface area contributed by atoms with Crippen LogP contribution in [0.1, 0.15) is 34.1 Å². The van der Waals surface area contributed by atoms with Crippen molar-refractivity contribution in [2.24, 2.45) is 5.14 Å². The number of ether oxygens (including phenoxy) is 1. The van der Waals surface area contributed by atoms with Crippen LogP contribution in [0.2, 0.25) is 0 Å². The van der Waals surface area contributed by atoms with Crippen LogP contribution < -0.4 is 15.2 Å². The van der Waals surface area contributed by atoms with Gasteiger partial charge in [-0.15, -0.1) is 11.3 Å². The topological polar surface area (TPSA) is 91.4 Å². The summed E-state index contributed by atoms with van der Waals surface area (Å²) in [7, 11) is -2.96. The zero-order valence-corrected chi connectivity index (χ0v) is 22.2. The van der Waals surface area contributed by atoms with Crippen LogP contribution in [-0.2, 0) is 36.0 Å². The summed E-state index contributed by atoms with van der Waals surface area (Å²) >= 11 is 1.59. The number of fused-ring (bicyclic) bond motifs is 1. The molecule has 1 aromatic heterocycles. The first-order chi connectivity index (χ1) is 17.2. The number of nitriles is 1. The first-order valence-corrected chi connectivity index (χ1v) is 14.8. The molecule has 2 heterocycles. The predicted octanol–water partition coefficient (Wildman–Crippen LogP) is 4.76. The maximum atomic E-state index is 13.6. The first kappa shape index (κ1) is 26.0. The number of thiol groups is 1. The summed E-state index contributed by atoms with van der Waals surface area (Å²) < 4.78 is 31.7. The molecule has 0 unspecified atom stereocenters. The van der Waals surface area contributed by atoms with Crippen molar-refractivity contribution in [3.8, 4) is 11.8 Å². The molecule has 1 aliphatic heterocycles. The van der Waals surface area contributed by atoms with Crippen molar-refractivity contribution in [2.45, 2.75) is 37.8 Å². The maximum absolute atomic E-state index is 13.6. The number of hydrogen-bond acceptors (Lipinski definition) is 6. The second-order valence-corrected chi connectivity index (χ2v) is 12.6. The van der Waals surface area contributed by atoms with E-state index in [1.807, 2.05) is 25.1 Å². The summed E-state index contributed by atoms with van der Waals surface area (Å²) in [5.74, 6) is 0.289. The maximum Gasteiger partial charge on any atom is 0.134 e. The zero-order valence-electron chi connectivity index (χ0n) is 20.5. The molecule has 0 amide bonds. The van der Waals surface area contributed by atoms with E-state index in [-0.39, 0.29) is 5.82 Å². The fourth-order valence-corrected chi connectivity index (χ4v) is 6.57. The molecule has 3 N–H and O–H groups in total. The van der Waals surface area contributed by atoms with E-state index in [9.17, 15) is 13.9 Å². The van der Waals surface area contributed by atoms with Crippen LogP contribution in [-0.4, -0.2) is 28.5 Å². The quantitative estimate of drug-likeness (QED) is 0.350. The molecule has 0 saturated heterocycles. The lowest BCUT2D eigenvalue weighted by Crippen LogP contribution is -2.29. The molecule has 0 spiro atoms. The van der Waals surface area contributed by atoms with E-state index in [4.69, 9.17) is 9.88 Å². The third-order valence-electron chi connectivity index (χ3n) is 6.04. The van der Waals surface area contributed by atoms with Crippen molar-refractivity contribution in [1.82, 2.24) is 4.90 Å². The van der Waals surface area contributed by atoms with Crippen LogP contribution in [0.5, 0.6) is 5.75 Å². The number of allylic oxidation sites excluding steroid dienone is 1. The highest BCUT2D eigenvalue weighted by Gasteiger charge is 2.25. The number of rotatable bonds is 9. The fourth-order valence-electron chi connectivity index (χ4n) is 4.44. The van der Waals surface area contributed by atoms with Crippen molar-refractivity contribution in [3.05, 3.63) is 87.7 Å². The van der Waals surface area contributed by atoms with Gasteiger partial charge in [0.1, 0.15) is 22.6 Å². The predicted molar refractivity (Wildman–Crippen MR) is 145 cm³/mol. The molecule has 3 aromatic rings. The average molecular weight is 527 g/mol. The molecule has 6 nitrogen and oxygen atoms in total. The highest BCUT2D eigenvalue weighted by atomic mass is 32.3. The smallest absolute Gasteiger partial charge is 0.134 e. The lowest BCUT2D eigenvalue weighted by atomic mass is 10.0. The minimum Gasteiger partial charge on any atom is -0.493 e. The Hall–Kier alpha value is -3.03. The number of halogens is 1. The first-order valence-electron chi connectivity index (χ1n) is 11.8. The van der Waals surface area contributed by atoms with Crippen molar-refractivity contribution in [3.63, 3.8) is 0 Å². The number of thiophene rings is 1. The van der Waals surface area contributed by atoms with E-state index in [1.54, 1.807) is 29.5 Å². The molecule has 0 radical (unpaired) electrons. The molecular weight excluding hydrogens is 495 g/mol. The Bertz CT molecular complexity index is 1370. The molecule has 2 aromatic carbocycles. The molecule has 0 atom stereocenters. The summed E-state index contributed by atoms with van der Waals surface area (Å²) in [4.78, 5) is 3.96. The largest absolute Gasteiger partial charge is 0.493 e. The summed E-state index contributed by atoms with van der Waals surface area (Å²) in [6.07, 6.45) is 2.87. The van der Waals surface area contributed by atoms with E-state index in [1.165, 1.54) is 17.2 Å². The van der Waals surface area contributed by atoms with Crippen molar-refractivity contribution < 1.29 is 13.3 Å². The van der Waals surface area contributed by atoms with Crippen molar-refractivity contribution >= 4 is 26.5 Å². The molecule has 4 rings (SSSR count). The molecule has 1 aliphatic rings. The standard InChI is InChI=1S/C27H31FN4O2S2/c1-4-34-24-14-19(8-9-26(24)36(3,30)33)12-18(2)31-27-22(15-29)23-17-32(11-10-25(23)35-27)16-20-6-5-7-21(28)13-20/h5-9,13-14,31,36H,2,4,10-12,16-17H2,1,3H3,(H2,30,33). The highest BCUT2D eigenvalue weighted by Crippen LogP contribution is 2.38. The Morgan fingerprint density at radius 3 is 2.83 bits per heavy atom. The molecule has 0 fully saturated rings. The van der Waals surface area contributed by atoms with E-state index < -0.39 is 10.1 Å². The van der Waals surface area contributed by atoms with Gasteiger partial charge in [-0.05, 0) is 58.9 Å². The van der Waals surface area contributed by atoms with Gasteiger partial charge < -0.3 is 10.1 Å². The number of hydrogen-bond donors (Lipinski definition) is 3. The van der Waals surface area contributed by atoms with E-state index in [2.05, 4.69) is 22.9 Å². The molecular formula is C27H31FN4O2S2. The average Bonchev–Trinajstić information content (AvgIpc) is 3.14. The van der Waals surface area contributed by atoms with Gasteiger partial charge in [0, 0.05) is 48.4 Å². The SMILES string of the molecule is C=C(Cc1ccc([SH](C)(N)=O)c(OCC)c1)Nc1sc2c(c1C#N)CN(Cc1cccc(F)c1)CC2. The molecule has 0 aliphatic carbocycles. The second kappa shape index (κ2) is 10.9. The third-order valence-corrected chi connectivity index (χ3v) is 8.58. The fraction of sp³-hybridized carbons (Fsp3) is 0.296. The summed E-state index contributed by atoms with van der Waals surface area (Å²) in [6.45, 7) is 8.62. The van der Waals surface area contributed by atoms with Crippen LogP contribution in [0, 0.1) is 17.1 Å². The highest BCUT2D eigenvalue weighted by molar-refractivity contribution is 8.00. The molecule has 36 heavy (non-hydrogen) atoms. The summed E-state index contributed by atoms with van der Waals surface area (Å²) in [5, 5.41) is 20.0. The summed E-state index contributed by atoms with van der Waals surface area (Å²) in [6, 6.07) is 14.5. The van der Waals surface area contributed by atoms with Crippen LogP contribution >= 0.6 is 11.3 Å². The Balaban J connectivity index is 1.48. The van der Waals surface area contributed by atoms with E-state index >= 15 is 0 Å². The van der Waals surface area contributed by atoms with Gasteiger partial charge in [0.05, 0.1) is 17.1 Å². The lowest BCUT2D eigenvalue weighted by Gasteiger charge is -2.27. The molecule has 0 saturated carbocycles. The number of nitrogens with zero attached hydrogens (tertiary/aromatic N) is 2. The van der Waals surface area contributed by atoms with Crippen LogP contribution in [0.25, 0.3) is 0 Å². The Morgan fingerprint density at radius 2 is 2.14 bits per heavy atom. The van der Waals surface area contributed by atoms with Gasteiger partial charge >= 0.3 is 0 Å². The number of nitrogens with one attached hydrogen (secondary N) is 1. The third kappa shape index (κ3) is 6.02. The van der Waals surface area contributed by atoms with Gasteiger partial charge in [-0.3, -0.25) is 14.2 Å². The van der Waals surface area contributed by atoms with E-state index in [0.29, 0.717) is 42.3 Å². The van der Waals surface area contributed by atoms with Crippen molar-refractivity contribution in [2.75, 3.05) is 24.7 Å². The molecule has 9 heteroatoms. The zero-order chi connectivity index (χ0) is 25.9. The Kier molecular flexibility index (Phi) is 7.91. The Labute approximate surface area is 216 Å². The van der Waals surface area contributed by atoms with Gasteiger partial charge in [0.15, 0.2) is 0 Å². The van der Waals surface area contributed by atoms with Gasteiger partial charge in [0.2, 0.25) is 0 Å². The summed E-state index contributed by atoms with van der Waals surface area (Å²) in [5.41, 5.74) is 4.27. The second-order valence-electron chi connectivity index (χ2n) is 9.04. The minimum atomic E-state index is -2.96. The van der Waals surface area contributed by atoms with Gasteiger partial charge in [-0.25, -0.2) is 4.39 Å². The van der Waals surface area contributed by atoms with Crippen LogP contribution in [0.4, 0.5) is 9.39 Å². The minimum absolute atomic E-state index is 0.238. The number of benzene rings is 2. The van der Waals surface area contributed by atoms with Crippen LogP contribution in [0.3, 0.4) is 0 Å².